The summed E-state index contributed by atoms with van der Waals surface area (Å²) in [4.78, 5) is 27.9. The molecule has 27 heavy (non-hydrogen) atoms. The van der Waals surface area contributed by atoms with Crippen molar-refractivity contribution in [2.45, 2.75) is 20.2 Å². The van der Waals surface area contributed by atoms with E-state index in [1.54, 1.807) is 19.9 Å². The minimum Gasteiger partial charge on any atom is -0.452 e. The third kappa shape index (κ3) is 6.14. The summed E-state index contributed by atoms with van der Waals surface area (Å²) in [5, 5.41) is 2.35. The molecule has 1 aromatic carbocycles. The zero-order valence-corrected chi connectivity index (χ0v) is 14.9. The number of anilines is 1. The zero-order chi connectivity index (χ0) is 20.2. The molecule has 0 atom stereocenters. The number of nitrogens with zero attached hydrogens (tertiary/aromatic N) is 1. The van der Waals surface area contributed by atoms with Crippen LogP contribution < -0.4 is 10.1 Å². The highest BCUT2D eigenvalue weighted by Crippen LogP contribution is 2.24. The van der Waals surface area contributed by atoms with Crippen molar-refractivity contribution in [2.75, 3.05) is 11.9 Å². The van der Waals surface area contributed by atoms with Crippen LogP contribution in [0.25, 0.3) is 0 Å². The van der Waals surface area contributed by atoms with E-state index in [2.05, 4.69) is 15.0 Å². The second kappa shape index (κ2) is 8.26. The lowest BCUT2D eigenvalue weighted by atomic mass is 10.1. The van der Waals surface area contributed by atoms with Gasteiger partial charge in [0.05, 0.1) is 5.56 Å². The number of alkyl halides is 3. The van der Waals surface area contributed by atoms with Gasteiger partial charge in [0.1, 0.15) is 10.9 Å². The van der Waals surface area contributed by atoms with Crippen molar-refractivity contribution in [1.29, 1.82) is 0 Å². The molecule has 144 valence electrons. The zero-order valence-electron chi connectivity index (χ0n) is 14.2. The van der Waals surface area contributed by atoms with E-state index in [-0.39, 0.29) is 16.4 Å². The van der Waals surface area contributed by atoms with E-state index in [1.807, 2.05) is 0 Å². The van der Waals surface area contributed by atoms with Crippen LogP contribution in [0, 0.1) is 13.8 Å². The molecule has 0 radical (unpaired) electrons. The Balaban J connectivity index is 1.92. The fraction of sp³-hybridized carbons (Fsp3) is 0.235. The molecule has 0 aliphatic heterocycles. The minimum atomic E-state index is -4.80. The number of carbonyl (C=O) groups excluding carboxylic acids is 2. The summed E-state index contributed by atoms with van der Waals surface area (Å²) in [5.74, 6) is -1.92. The molecule has 0 fully saturated rings. The molecule has 6 nitrogen and oxygen atoms in total. The number of halogens is 4. The number of nitrogens with one attached hydrogen (secondary N) is 1. The Morgan fingerprint density at radius 3 is 2.37 bits per heavy atom. The highest BCUT2D eigenvalue weighted by Gasteiger charge is 2.31. The van der Waals surface area contributed by atoms with Crippen LogP contribution in [-0.2, 0) is 9.53 Å². The van der Waals surface area contributed by atoms with Gasteiger partial charge in [-0.2, -0.15) is 0 Å². The lowest BCUT2D eigenvalue weighted by molar-refractivity contribution is -0.274. The van der Waals surface area contributed by atoms with Gasteiger partial charge in [-0.15, -0.1) is 13.2 Å². The standard InChI is InChI=1S/C17H14ClF3N2O4/c1-9-7-10(2)22-15(18)14(9)16(25)26-8-13(24)23-11-3-5-12(6-4-11)27-17(19,20)21/h3-7H,8H2,1-2H3,(H,23,24). The van der Waals surface area contributed by atoms with Gasteiger partial charge in [-0.25, -0.2) is 9.78 Å². The van der Waals surface area contributed by atoms with E-state index >= 15 is 0 Å². The Bertz CT molecular complexity index is 831. The first-order chi connectivity index (χ1) is 12.5. The molecule has 0 bridgehead atoms. The van der Waals surface area contributed by atoms with E-state index < -0.39 is 30.6 Å². The largest absolute Gasteiger partial charge is 0.573 e. The maximum Gasteiger partial charge on any atom is 0.573 e. The summed E-state index contributed by atoms with van der Waals surface area (Å²) < 4.78 is 44.9. The van der Waals surface area contributed by atoms with E-state index in [4.69, 9.17) is 16.3 Å². The Hall–Kier alpha value is -2.81. The average Bonchev–Trinajstić information content (AvgIpc) is 2.52. The molecule has 2 rings (SSSR count). The van der Waals surface area contributed by atoms with Crippen LogP contribution >= 0.6 is 11.6 Å². The maximum absolute atomic E-state index is 12.1. The van der Waals surface area contributed by atoms with Gasteiger partial charge in [0.2, 0.25) is 0 Å². The number of pyridine rings is 1. The highest BCUT2D eigenvalue weighted by atomic mass is 35.5. The first-order valence-electron chi connectivity index (χ1n) is 7.51. The molecule has 1 aromatic heterocycles. The van der Waals surface area contributed by atoms with Crippen LogP contribution in [0.15, 0.2) is 30.3 Å². The Morgan fingerprint density at radius 1 is 1.19 bits per heavy atom. The van der Waals surface area contributed by atoms with Crippen molar-refractivity contribution in [2.24, 2.45) is 0 Å². The molecular formula is C17H14ClF3N2O4. The maximum atomic E-state index is 12.1. The number of hydrogen-bond acceptors (Lipinski definition) is 5. The number of amides is 1. The number of carbonyl (C=O) groups is 2. The number of rotatable bonds is 5. The van der Waals surface area contributed by atoms with E-state index in [0.717, 1.165) is 12.1 Å². The van der Waals surface area contributed by atoms with Crippen LogP contribution in [0.1, 0.15) is 21.6 Å². The Kier molecular flexibility index (Phi) is 6.27. The van der Waals surface area contributed by atoms with Gasteiger partial charge in [0, 0.05) is 11.4 Å². The first-order valence-corrected chi connectivity index (χ1v) is 7.89. The number of esters is 1. The van der Waals surface area contributed by atoms with E-state index in [0.29, 0.717) is 11.3 Å². The molecule has 0 spiro atoms. The van der Waals surface area contributed by atoms with Crippen LogP contribution in [0.2, 0.25) is 5.15 Å². The van der Waals surface area contributed by atoms with Crippen LogP contribution in [0.5, 0.6) is 5.75 Å². The second-order valence-corrected chi connectivity index (χ2v) is 5.80. The number of aryl methyl sites for hydroxylation is 2. The molecule has 0 aliphatic rings. The van der Waals surface area contributed by atoms with Crippen molar-refractivity contribution in [3.8, 4) is 5.75 Å². The summed E-state index contributed by atoms with van der Waals surface area (Å²) in [6.07, 6.45) is -4.80. The number of benzene rings is 1. The van der Waals surface area contributed by atoms with Crippen molar-refractivity contribution in [3.05, 3.63) is 52.3 Å². The second-order valence-electron chi connectivity index (χ2n) is 5.44. The lowest BCUT2D eigenvalue weighted by Crippen LogP contribution is -2.21. The summed E-state index contributed by atoms with van der Waals surface area (Å²) in [6.45, 7) is 2.76. The van der Waals surface area contributed by atoms with Gasteiger partial charge in [0.25, 0.3) is 5.91 Å². The smallest absolute Gasteiger partial charge is 0.452 e. The van der Waals surface area contributed by atoms with Crippen LogP contribution in [0.4, 0.5) is 18.9 Å². The topological polar surface area (TPSA) is 77.5 Å². The predicted octanol–water partition coefficient (Wildman–Crippen LogP) is 4.05. The Morgan fingerprint density at radius 2 is 1.81 bits per heavy atom. The van der Waals surface area contributed by atoms with Crippen molar-refractivity contribution in [1.82, 2.24) is 4.98 Å². The normalized spacial score (nSPS) is 11.0. The molecule has 2 aromatic rings. The minimum absolute atomic E-state index is 0.0295. The summed E-state index contributed by atoms with van der Waals surface area (Å²) in [5.41, 5.74) is 1.45. The molecule has 0 unspecified atom stereocenters. The van der Waals surface area contributed by atoms with Gasteiger partial charge in [-0.1, -0.05) is 11.6 Å². The van der Waals surface area contributed by atoms with Crippen molar-refractivity contribution < 1.29 is 32.2 Å². The van der Waals surface area contributed by atoms with Crippen LogP contribution in [-0.4, -0.2) is 29.8 Å². The molecule has 0 saturated heterocycles. The van der Waals surface area contributed by atoms with Gasteiger partial charge in [-0.05, 0) is 49.7 Å². The van der Waals surface area contributed by atoms with Gasteiger partial charge < -0.3 is 14.8 Å². The van der Waals surface area contributed by atoms with E-state index in [9.17, 15) is 22.8 Å². The summed E-state index contributed by atoms with van der Waals surface area (Å²) >= 11 is 5.93. The molecule has 10 heteroatoms. The predicted molar refractivity (Wildman–Crippen MR) is 90.8 cm³/mol. The summed E-state index contributed by atoms with van der Waals surface area (Å²) in [7, 11) is 0. The molecule has 0 aliphatic carbocycles. The average molecular weight is 403 g/mol. The van der Waals surface area contributed by atoms with E-state index in [1.165, 1.54) is 12.1 Å². The number of aromatic nitrogens is 1. The first kappa shape index (κ1) is 20.5. The molecular weight excluding hydrogens is 389 g/mol. The van der Waals surface area contributed by atoms with Gasteiger partial charge in [-0.3, -0.25) is 4.79 Å². The van der Waals surface area contributed by atoms with Crippen LogP contribution in [0.3, 0.4) is 0 Å². The lowest BCUT2D eigenvalue weighted by Gasteiger charge is -2.11. The van der Waals surface area contributed by atoms with Gasteiger partial charge in [0.15, 0.2) is 6.61 Å². The molecule has 0 saturated carbocycles. The fourth-order valence-corrected chi connectivity index (χ4v) is 2.54. The SMILES string of the molecule is Cc1cc(C)c(C(=O)OCC(=O)Nc2ccc(OC(F)(F)F)cc2)c(Cl)n1. The Labute approximate surface area is 157 Å². The molecule has 1 heterocycles. The third-order valence-electron chi connectivity index (χ3n) is 3.21. The number of hydrogen-bond donors (Lipinski definition) is 1. The molecule has 1 amide bonds. The van der Waals surface area contributed by atoms with Crippen molar-refractivity contribution in [3.63, 3.8) is 0 Å². The summed E-state index contributed by atoms with van der Waals surface area (Å²) in [6, 6.07) is 6.15. The number of ether oxygens (including phenoxy) is 2. The highest BCUT2D eigenvalue weighted by molar-refractivity contribution is 6.32. The fourth-order valence-electron chi connectivity index (χ4n) is 2.18. The van der Waals surface area contributed by atoms with Crippen molar-refractivity contribution >= 4 is 29.2 Å². The monoisotopic (exact) mass is 402 g/mol. The van der Waals surface area contributed by atoms with Gasteiger partial charge >= 0.3 is 12.3 Å². The third-order valence-corrected chi connectivity index (χ3v) is 3.48. The quantitative estimate of drug-likeness (QED) is 0.603. The molecule has 1 N–H and O–H groups in total.